The first kappa shape index (κ1) is 17.5. The Bertz CT molecular complexity index is 745. The second-order valence-corrected chi connectivity index (χ2v) is 5.15. The van der Waals surface area contributed by atoms with Gasteiger partial charge >= 0.3 is 11.9 Å². The Balaban J connectivity index is 2.33. The third kappa shape index (κ3) is 3.37. The average Bonchev–Trinajstić information content (AvgIpc) is 3.10. The van der Waals surface area contributed by atoms with Crippen LogP contribution >= 0.6 is 0 Å². The standard InChI is InChI=1S/C18H19NO5/c1-4-14(18(22)24-3)19-11-5-6-15(19)16(20)12-7-9-13(10-8-12)17(21)23-2/h5-11,14H,4H2,1-3H3. The highest BCUT2D eigenvalue weighted by Crippen LogP contribution is 2.20. The number of carbonyl (C=O) groups is 3. The predicted octanol–water partition coefficient (Wildman–Crippen LogP) is 2.63. The molecule has 0 aliphatic carbocycles. The quantitative estimate of drug-likeness (QED) is 0.601. The molecule has 0 bridgehead atoms. The number of methoxy groups -OCH3 is 2. The van der Waals surface area contributed by atoms with Crippen LogP contribution in [-0.4, -0.2) is 36.5 Å². The fourth-order valence-corrected chi connectivity index (χ4v) is 2.49. The van der Waals surface area contributed by atoms with Crippen molar-refractivity contribution in [3.8, 4) is 0 Å². The topological polar surface area (TPSA) is 74.6 Å². The van der Waals surface area contributed by atoms with Crippen molar-refractivity contribution in [2.75, 3.05) is 14.2 Å². The summed E-state index contributed by atoms with van der Waals surface area (Å²) in [6.07, 6.45) is 2.18. The Labute approximate surface area is 140 Å². The summed E-state index contributed by atoms with van der Waals surface area (Å²) in [4.78, 5) is 36.1. The Morgan fingerprint density at radius 3 is 2.17 bits per heavy atom. The fraction of sp³-hybridized carbons (Fsp3) is 0.278. The van der Waals surface area contributed by atoms with Gasteiger partial charge in [-0.25, -0.2) is 9.59 Å². The zero-order chi connectivity index (χ0) is 17.7. The van der Waals surface area contributed by atoms with E-state index in [9.17, 15) is 14.4 Å². The van der Waals surface area contributed by atoms with E-state index in [1.54, 1.807) is 35.0 Å². The average molecular weight is 329 g/mol. The molecule has 0 aliphatic heterocycles. The highest BCUT2D eigenvalue weighted by atomic mass is 16.5. The second-order valence-electron chi connectivity index (χ2n) is 5.15. The summed E-state index contributed by atoms with van der Waals surface area (Å²) < 4.78 is 11.0. The van der Waals surface area contributed by atoms with Crippen molar-refractivity contribution in [2.45, 2.75) is 19.4 Å². The van der Waals surface area contributed by atoms with Gasteiger partial charge in [0.25, 0.3) is 0 Å². The highest BCUT2D eigenvalue weighted by molar-refractivity contribution is 6.08. The Morgan fingerprint density at radius 1 is 1.00 bits per heavy atom. The lowest BCUT2D eigenvalue weighted by Gasteiger charge is -2.17. The molecule has 1 atom stereocenters. The number of esters is 2. The van der Waals surface area contributed by atoms with Gasteiger partial charge in [-0.15, -0.1) is 0 Å². The van der Waals surface area contributed by atoms with E-state index >= 15 is 0 Å². The van der Waals surface area contributed by atoms with Crippen LogP contribution in [0.4, 0.5) is 0 Å². The van der Waals surface area contributed by atoms with Crippen LogP contribution in [0.5, 0.6) is 0 Å². The maximum absolute atomic E-state index is 12.7. The predicted molar refractivity (Wildman–Crippen MR) is 87.0 cm³/mol. The first-order chi connectivity index (χ1) is 11.5. The van der Waals surface area contributed by atoms with Gasteiger partial charge in [0.15, 0.2) is 0 Å². The number of carbonyl (C=O) groups excluding carboxylic acids is 3. The minimum absolute atomic E-state index is 0.237. The molecular formula is C18H19NO5. The number of nitrogens with zero attached hydrogens (tertiary/aromatic N) is 1. The molecule has 2 rings (SSSR count). The van der Waals surface area contributed by atoms with Gasteiger partial charge in [0, 0.05) is 11.8 Å². The highest BCUT2D eigenvalue weighted by Gasteiger charge is 2.24. The van der Waals surface area contributed by atoms with E-state index < -0.39 is 18.0 Å². The summed E-state index contributed by atoms with van der Waals surface area (Å²) in [5.74, 6) is -1.10. The van der Waals surface area contributed by atoms with Gasteiger partial charge < -0.3 is 14.0 Å². The molecule has 1 aromatic carbocycles. The molecule has 24 heavy (non-hydrogen) atoms. The molecule has 1 heterocycles. The molecule has 6 heteroatoms. The van der Waals surface area contributed by atoms with Crippen LogP contribution in [0.25, 0.3) is 0 Å². The van der Waals surface area contributed by atoms with Crippen LogP contribution in [0, 0.1) is 0 Å². The van der Waals surface area contributed by atoms with E-state index in [-0.39, 0.29) is 5.78 Å². The van der Waals surface area contributed by atoms with Gasteiger partial charge in [-0.3, -0.25) is 4.79 Å². The number of hydrogen-bond donors (Lipinski definition) is 0. The monoisotopic (exact) mass is 329 g/mol. The zero-order valence-electron chi connectivity index (χ0n) is 13.8. The van der Waals surface area contributed by atoms with Gasteiger partial charge in [-0.2, -0.15) is 0 Å². The van der Waals surface area contributed by atoms with Crippen LogP contribution in [0.15, 0.2) is 42.6 Å². The van der Waals surface area contributed by atoms with Crippen molar-refractivity contribution in [2.24, 2.45) is 0 Å². The van der Waals surface area contributed by atoms with E-state index in [1.807, 2.05) is 6.92 Å². The van der Waals surface area contributed by atoms with Crippen molar-refractivity contribution in [1.82, 2.24) is 4.57 Å². The van der Waals surface area contributed by atoms with E-state index in [0.29, 0.717) is 23.2 Å². The summed E-state index contributed by atoms with van der Waals surface area (Å²) in [6, 6.07) is 8.99. The number of ketones is 1. The summed E-state index contributed by atoms with van der Waals surface area (Å²) in [6.45, 7) is 1.85. The van der Waals surface area contributed by atoms with E-state index in [2.05, 4.69) is 4.74 Å². The molecule has 2 aromatic rings. The van der Waals surface area contributed by atoms with Crippen LogP contribution in [0.1, 0.15) is 45.8 Å². The molecule has 0 saturated carbocycles. The van der Waals surface area contributed by atoms with Gasteiger partial charge in [0.1, 0.15) is 6.04 Å². The van der Waals surface area contributed by atoms with Crippen LogP contribution in [0.2, 0.25) is 0 Å². The van der Waals surface area contributed by atoms with E-state index in [1.165, 1.54) is 26.4 Å². The van der Waals surface area contributed by atoms with Gasteiger partial charge in [0.2, 0.25) is 5.78 Å². The van der Waals surface area contributed by atoms with Crippen LogP contribution in [0.3, 0.4) is 0 Å². The molecule has 0 radical (unpaired) electrons. The Hall–Kier alpha value is -2.89. The molecule has 0 amide bonds. The summed E-state index contributed by atoms with van der Waals surface area (Å²) in [5.41, 5.74) is 1.17. The van der Waals surface area contributed by atoms with Crippen molar-refractivity contribution < 1.29 is 23.9 Å². The summed E-state index contributed by atoms with van der Waals surface area (Å²) >= 11 is 0. The Kier molecular flexibility index (Phi) is 5.52. The summed E-state index contributed by atoms with van der Waals surface area (Å²) in [5, 5.41) is 0. The van der Waals surface area contributed by atoms with Gasteiger partial charge in [-0.1, -0.05) is 19.1 Å². The lowest BCUT2D eigenvalue weighted by atomic mass is 10.1. The van der Waals surface area contributed by atoms with Crippen molar-refractivity contribution in [3.05, 3.63) is 59.4 Å². The van der Waals surface area contributed by atoms with E-state index in [4.69, 9.17) is 4.74 Å². The Morgan fingerprint density at radius 2 is 1.62 bits per heavy atom. The largest absolute Gasteiger partial charge is 0.467 e. The lowest BCUT2D eigenvalue weighted by Crippen LogP contribution is -2.23. The van der Waals surface area contributed by atoms with Gasteiger partial charge in [-0.05, 0) is 30.7 Å². The molecule has 1 aromatic heterocycles. The number of rotatable bonds is 6. The molecule has 126 valence electrons. The second kappa shape index (κ2) is 7.59. The molecule has 6 nitrogen and oxygen atoms in total. The van der Waals surface area contributed by atoms with Crippen molar-refractivity contribution >= 4 is 17.7 Å². The number of ether oxygens (including phenoxy) is 2. The molecule has 0 fully saturated rings. The van der Waals surface area contributed by atoms with E-state index in [0.717, 1.165) is 0 Å². The molecule has 1 unspecified atom stereocenters. The first-order valence-electron chi connectivity index (χ1n) is 7.51. The summed E-state index contributed by atoms with van der Waals surface area (Å²) in [7, 11) is 2.62. The smallest absolute Gasteiger partial charge is 0.337 e. The maximum Gasteiger partial charge on any atom is 0.337 e. The van der Waals surface area contributed by atoms with Crippen LogP contribution in [-0.2, 0) is 14.3 Å². The number of benzene rings is 1. The normalized spacial score (nSPS) is 11.6. The van der Waals surface area contributed by atoms with Gasteiger partial charge in [0.05, 0.1) is 25.5 Å². The van der Waals surface area contributed by atoms with Crippen molar-refractivity contribution in [3.63, 3.8) is 0 Å². The SMILES string of the molecule is CCC(C(=O)OC)n1cccc1C(=O)c1ccc(C(=O)OC)cc1. The molecule has 0 N–H and O–H groups in total. The van der Waals surface area contributed by atoms with Crippen LogP contribution < -0.4 is 0 Å². The molecule has 0 spiro atoms. The lowest BCUT2D eigenvalue weighted by molar-refractivity contribution is -0.144. The molecule has 0 saturated heterocycles. The molecule has 0 aliphatic rings. The first-order valence-corrected chi connectivity index (χ1v) is 7.51. The minimum atomic E-state index is -0.557. The van der Waals surface area contributed by atoms with Crippen molar-refractivity contribution in [1.29, 1.82) is 0 Å². The minimum Gasteiger partial charge on any atom is -0.467 e. The number of aromatic nitrogens is 1. The fourth-order valence-electron chi connectivity index (χ4n) is 2.49. The third-order valence-electron chi connectivity index (χ3n) is 3.78. The zero-order valence-corrected chi connectivity index (χ0v) is 13.8. The maximum atomic E-state index is 12.7. The third-order valence-corrected chi connectivity index (χ3v) is 3.78. The molecular weight excluding hydrogens is 310 g/mol. The number of hydrogen-bond acceptors (Lipinski definition) is 5.